The van der Waals surface area contributed by atoms with Crippen LogP contribution in [0.1, 0.15) is 5.56 Å². The molecular weight excluding hydrogens is 452 g/mol. The zero-order valence-electron chi connectivity index (χ0n) is 18.8. The van der Waals surface area contributed by atoms with Gasteiger partial charge in [-0.05, 0) is 60.3 Å². The number of carbonyl (C=O) groups is 2. The summed E-state index contributed by atoms with van der Waals surface area (Å²) in [5.41, 5.74) is 1.51. The summed E-state index contributed by atoms with van der Waals surface area (Å²) in [4.78, 5) is 29.9. The summed E-state index contributed by atoms with van der Waals surface area (Å²) in [6, 6.07) is 21.1. The van der Waals surface area contributed by atoms with Crippen LogP contribution < -0.4 is 24.0 Å². The lowest BCUT2D eigenvalue weighted by Crippen LogP contribution is -2.57. The Morgan fingerprint density at radius 2 is 1.32 bits per heavy atom. The Morgan fingerprint density at radius 1 is 0.706 bits per heavy atom. The van der Waals surface area contributed by atoms with Crippen LogP contribution in [-0.2, 0) is 9.59 Å². The molecule has 4 rings (SSSR count). The van der Waals surface area contributed by atoms with Gasteiger partial charge in [-0.3, -0.25) is 14.5 Å². The molecule has 2 amide bonds. The monoisotopic (exact) mass is 474 g/mol. The molecule has 7 nitrogen and oxygen atoms in total. The van der Waals surface area contributed by atoms with Gasteiger partial charge in [-0.2, -0.15) is 0 Å². The van der Waals surface area contributed by atoms with Crippen molar-refractivity contribution < 1.29 is 23.8 Å². The second-order valence-electron chi connectivity index (χ2n) is 7.24. The topological polar surface area (TPSA) is 68.3 Å². The molecule has 1 saturated heterocycles. The lowest BCUT2D eigenvalue weighted by molar-refractivity contribution is -0.120. The van der Waals surface area contributed by atoms with Crippen LogP contribution in [0.4, 0.5) is 11.4 Å². The Labute approximate surface area is 202 Å². The Hall–Kier alpha value is -4.17. The van der Waals surface area contributed by atoms with Crippen LogP contribution in [0.25, 0.3) is 6.08 Å². The third-order valence-electron chi connectivity index (χ3n) is 5.31. The van der Waals surface area contributed by atoms with Gasteiger partial charge in [0.15, 0.2) is 16.6 Å². The summed E-state index contributed by atoms with van der Waals surface area (Å²) in [6.45, 7) is 0. The highest BCUT2D eigenvalue weighted by Gasteiger charge is 2.42. The Bertz CT molecular complexity index is 1290. The van der Waals surface area contributed by atoms with E-state index in [2.05, 4.69) is 0 Å². The molecule has 3 aromatic rings. The van der Waals surface area contributed by atoms with Gasteiger partial charge in [0, 0.05) is 0 Å². The van der Waals surface area contributed by atoms with Crippen molar-refractivity contribution in [3.8, 4) is 17.2 Å². The fourth-order valence-corrected chi connectivity index (χ4v) is 4.04. The number of hydrogen-bond acceptors (Lipinski definition) is 6. The number of anilines is 2. The van der Waals surface area contributed by atoms with Crippen molar-refractivity contribution in [2.24, 2.45) is 0 Å². The van der Waals surface area contributed by atoms with Gasteiger partial charge in [0.05, 0.1) is 32.7 Å². The number of amides is 2. The molecule has 3 aromatic carbocycles. The van der Waals surface area contributed by atoms with Crippen molar-refractivity contribution in [2.75, 3.05) is 31.1 Å². The van der Waals surface area contributed by atoms with Crippen LogP contribution in [0, 0.1) is 0 Å². The van der Waals surface area contributed by atoms with Gasteiger partial charge in [0.25, 0.3) is 11.8 Å². The van der Waals surface area contributed by atoms with Crippen LogP contribution in [0.2, 0.25) is 0 Å². The molecule has 0 unspecified atom stereocenters. The fraction of sp³-hybridized carbons (Fsp3) is 0.115. The van der Waals surface area contributed by atoms with E-state index in [-0.39, 0.29) is 10.7 Å². The maximum Gasteiger partial charge on any atom is 0.270 e. The van der Waals surface area contributed by atoms with Crippen LogP contribution in [0.5, 0.6) is 17.2 Å². The highest BCUT2D eigenvalue weighted by atomic mass is 32.1. The molecule has 34 heavy (non-hydrogen) atoms. The number of rotatable bonds is 6. The van der Waals surface area contributed by atoms with E-state index < -0.39 is 11.8 Å². The molecule has 8 heteroatoms. The zero-order chi connectivity index (χ0) is 24.2. The number of benzene rings is 3. The summed E-state index contributed by atoms with van der Waals surface area (Å²) in [5, 5.41) is 0.0372. The molecule has 1 aliphatic heterocycles. The predicted octanol–water partition coefficient (Wildman–Crippen LogP) is 4.46. The number of ether oxygens (including phenoxy) is 3. The quantitative estimate of drug-likeness (QED) is 0.299. The lowest BCUT2D eigenvalue weighted by atomic mass is 10.0. The lowest BCUT2D eigenvalue weighted by Gasteiger charge is -2.37. The van der Waals surface area contributed by atoms with E-state index in [1.54, 1.807) is 66.7 Å². The minimum absolute atomic E-state index is 0.0372. The van der Waals surface area contributed by atoms with E-state index >= 15 is 0 Å². The molecule has 1 heterocycles. The molecule has 0 atom stereocenters. The molecule has 0 aliphatic carbocycles. The average molecular weight is 475 g/mol. The zero-order valence-corrected chi connectivity index (χ0v) is 19.7. The number of methoxy groups -OCH3 is 3. The summed E-state index contributed by atoms with van der Waals surface area (Å²) >= 11 is 5.66. The van der Waals surface area contributed by atoms with E-state index in [9.17, 15) is 9.59 Å². The van der Waals surface area contributed by atoms with Crippen LogP contribution >= 0.6 is 12.2 Å². The van der Waals surface area contributed by atoms with Crippen molar-refractivity contribution >= 4 is 46.6 Å². The number of carbonyl (C=O) groups excluding carboxylic acids is 2. The highest BCUT2D eigenvalue weighted by molar-refractivity contribution is 7.81. The summed E-state index contributed by atoms with van der Waals surface area (Å²) in [6.07, 6.45) is 1.52. The fourth-order valence-electron chi connectivity index (χ4n) is 3.67. The van der Waals surface area contributed by atoms with Crippen molar-refractivity contribution in [2.45, 2.75) is 0 Å². The second kappa shape index (κ2) is 9.76. The third kappa shape index (κ3) is 4.11. The Kier molecular flexibility index (Phi) is 6.60. The first-order valence-electron chi connectivity index (χ1n) is 10.3. The van der Waals surface area contributed by atoms with E-state index in [0.717, 1.165) is 0 Å². The maximum absolute atomic E-state index is 13.7. The smallest absolute Gasteiger partial charge is 0.270 e. The molecule has 0 N–H and O–H groups in total. The van der Waals surface area contributed by atoms with Crippen molar-refractivity contribution in [3.63, 3.8) is 0 Å². The molecule has 172 valence electrons. The van der Waals surface area contributed by atoms with Gasteiger partial charge >= 0.3 is 0 Å². The largest absolute Gasteiger partial charge is 0.495 e. The molecule has 0 radical (unpaired) electrons. The number of nitrogens with zero attached hydrogens (tertiary/aromatic N) is 2. The predicted molar refractivity (Wildman–Crippen MR) is 135 cm³/mol. The summed E-state index contributed by atoms with van der Waals surface area (Å²) in [7, 11) is 4.56. The van der Waals surface area contributed by atoms with E-state index in [1.165, 1.54) is 37.2 Å². The van der Waals surface area contributed by atoms with Crippen LogP contribution in [0.3, 0.4) is 0 Å². The molecule has 0 spiro atoms. The second-order valence-corrected chi connectivity index (χ2v) is 7.61. The van der Waals surface area contributed by atoms with Gasteiger partial charge in [-0.15, -0.1) is 0 Å². The Morgan fingerprint density at radius 3 is 2.00 bits per heavy atom. The summed E-state index contributed by atoms with van der Waals surface area (Å²) in [5.74, 6) is 0.382. The minimum Gasteiger partial charge on any atom is -0.495 e. The first-order chi connectivity index (χ1) is 16.5. The molecule has 0 bridgehead atoms. The van der Waals surface area contributed by atoms with Crippen molar-refractivity contribution in [1.82, 2.24) is 0 Å². The van der Waals surface area contributed by atoms with Crippen molar-refractivity contribution in [3.05, 3.63) is 83.9 Å². The van der Waals surface area contributed by atoms with Crippen LogP contribution in [-0.4, -0.2) is 38.3 Å². The van der Waals surface area contributed by atoms with Gasteiger partial charge in [0.1, 0.15) is 11.3 Å². The normalized spacial score (nSPS) is 15.0. The van der Waals surface area contributed by atoms with Gasteiger partial charge in [-0.1, -0.05) is 36.4 Å². The number of hydrogen-bond donors (Lipinski definition) is 0. The first kappa shape index (κ1) is 23.0. The minimum atomic E-state index is -0.554. The number of para-hydroxylation sites is 3. The molecule has 1 fully saturated rings. The molecule has 1 aliphatic rings. The van der Waals surface area contributed by atoms with Crippen molar-refractivity contribution in [1.29, 1.82) is 0 Å². The highest BCUT2D eigenvalue weighted by Crippen LogP contribution is 2.35. The Balaban J connectivity index is 1.89. The maximum atomic E-state index is 13.7. The van der Waals surface area contributed by atoms with E-state index in [0.29, 0.717) is 34.2 Å². The van der Waals surface area contributed by atoms with Gasteiger partial charge in [-0.25, -0.2) is 4.90 Å². The molecule has 0 saturated carbocycles. The number of thiocarbonyl (C=S) groups is 1. The summed E-state index contributed by atoms with van der Waals surface area (Å²) < 4.78 is 16.1. The van der Waals surface area contributed by atoms with E-state index in [4.69, 9.17) is 26.4 Å². The average Bonchev–Trinajstić information content (AvgIpc) is 2.87. The molecule has 0 aromatic heterocycles. The van der Waals surface area contributed by atoms with E-state index in [1.807, 2.05) is 6.07 Å². The SMILES string of the molecule is COc1ccc(/C=C2/C(=O)N(c3ccccc3)C(=S)N(c3ccccc3OC)C2=O)cc1OC. The molecular formula is C26H22N2O5S. The van der Waals surface area contributed by atoms with Crippen LogP contribution in [0.15, 0.2) is 78.4 Å². The van der Waals surface area contributed by atoms with Gasteiger partial charge < -0.3 is 14.2 Å². The van der Waals surface area contributed by atoms with Gasteiger partial charge in [0.2, 0.25) is 0 Å². The first-order valence-corrected chi connectivity index (χ1v) is 10.8. The standard InChI is InChI=1S/C26H22N2O5S/c1-31-21-12-8-7-11-20(21)28-25(30)19(15-17-13-14-22(32-2)23(16-17)33-3)24(29)27(26(28)34)18-9-5-4-6-10-18/h4-16H,1-3H3/b19-15-. The third-order valence-corrected chi connectivity index (χ3v) is 5.67.